The quantitative estimate of drug-likeness (QED) is 0.927. The molecule has 4 heteroatoms. The van der Waals surface area contributed by atoms with E-state index in [1.165, 1.54) is 24.0 Å². The zero-order valence-electron chi connectivity index (χ0n) is 12.1. The third kappa shape index (κ3) is 2.73. The van der Waals surface area contributed by atoms with Gasteiger partial charge in [0.15, 0.2) is 0 Å². The van der Waals surface area contributed by atoms with Crippen molar-refractivity contribution in [3.05, 3.63) is 34.3 Å². The summed E-state index contributed by atoms with van der Waals surface area (Å²) in [4.78, 5) is 2.39. The van der Waals surface area contributed by atoms with E-state index in [1.54, 1.807) is 0 Å². The molecule has 1 aromatic carbocycles. The van der Waals surface area contributed by atoms with Crippen molar-refractivity contribution in [2.24, 2.45) is 5.73 Å². The van der Waals surface area contributed by atoms with Crippen molar-refractivity contribution in [2.45, 2.75) is 37.8 Å². The molecule has 2 N–H and O–H groups in total. The van der Waals surface area contributed by atoms with Crippen molar-refractivity contribution in [2.75, 3.05) is 26.3 Å². The number of nitrogens with zero attached hydrogens (tertiary/aromatic N) is 1. The summed E-state index contributed by atoms with van der Waals surface area (Å²) in [6.45, 7) is 6.63. The Bertz CT molecular complexity index is 479. The monoisotopic (exact) mass is 294 g/mol. The Labute approximate surface area is 126 Å². The number of benzene rings is 1. The van der Waals surface area contributed by atoms with E-state index in [9.17, 15) is 0 Å². The fourth-order valence-corrected chi connectivity index (χ4v) is 3.37. The van der Waals surface area contributed by atoms with Gasteiger partial charge in [-0.1, -0.05) is 23.7 Å². The lowest BCUT2D eigenvalue weighted by Crippen LogP contribution is -2.35. The number of hydrogen-bond acceptors (Lipinski definition) is 3. The topological polar surface area (TPSA) is 38.5 Å². The molecule has 0 radical (unpaired) electrons. The smallest absolute Gasteiger partial charge is 0.0594 e. The maximum absolute atomic E-state index is 6.49. The highest BCUT2D eigenvalue weighted by Crippen LogP contribution is 2.50. The molecule has 0 amide bonds. The number of hydrogen-bond donors (Lipinski definition) is 1. The first-order chi connectivity index (χ1) is 9.62. The molecule has 0 aromatic heterocycles. The summed E-state index contributed by atoms with van der Waals surface area (Å²) in [7, 11) is 0. The summed E-state index contributed by atoms with van der Waals surface area (Å²) < 4.78 is 5.38. The first kappa shape index (κ1) is 14.3. The fourth-order valence-electron chi connectivity index (χ4n) is 3.13. The molecule has 20 heavy (non-hydrogen) atoms. The van der Waals surface area contributed by atoms with Gasteiger partial charge < -0.3 is 10.5 Å². The molecule has 1 aromatic rings. The second kappa shape index (κ2) is 5.64. The van der Waals surface area contributed by atoms with E-state index >= 15 is 0 Å². The predicted octanol–water partition coefficient (Wildman–Crippen LogP) is 2.55. The maximum atomic E-state index is 6.49. The van der Waals surface area contributed by atoms with Crippen LogP contribution in [0, 0.1) is 0 Å². The predicted molar refractivity (Wildman–Crippen MR) is 82.1 cm³/mol. The highest BCUT2D eigenvalue weighted by molar-refractivity contribution is 6.31. The number of morpholine rings is 1. The average Bonchev–Trinajstić information content (AvgIpc) is 3.24. The Kier molecular flexibility index (Phi) is 4.04. The van der Waals surface area contributed by atoms with Crippen molar-refractivity contribution in [1.29, 1.82) is 0 Å². The Morgan fingerprint density at radius 2 is 2.05 bits per heavy atom. The van der Waals surface area contributed by atoms with Gasteiger partial charge in [0.05, 0.1) is 13.2 Å². The molecule has 1 aliphatic carbocycles. The first-order valence-corrected chi connectivity index (χ1v) is 7.84. The van der Waals surface area contributed by atoms with E-state index in [-0.39, 0.29) is 11.5 Å². The summed E-state index contributed by atoms with van der Waals surface area (Å²) >= 11 is 6.49. The van der Waals surface area contributed by atoms with Crippen molar-refractivity contribution < 1.29 is 4.74 Å². The lowest BCUT2D eigenvalue weighted by atomic mass is 9.89. The van der Waals surface area contributed by atoms with Crippen molar-refractivity contribution in [3.63, 3.8) is 0 Å². The van der Waals surface area contributed by atoms with Gasteiger partial charge >= 0.3 is 0 Å². The summed E-state index contributed by atoms with van der Waals surface area (Å²) in [5, 5.41) is 0.876. The minimum atomic E-state index is 0.182. The molecule has 0 spiro atoms. The van der Waals surface area contributed by atoms with Crippen LogP contribution in [0.3, 0.4) is 0 Å². The van der Waals surface area contributed by atoms with Gasteiger partial charge in [-0.05, 0) is 37.0 Å². The van der Waals surface area contributed by atoms with Gasteiger partial charge in [0.1, 0.15) is 0 Å². The molecule has 1 unspecified atom stereocenters. The van der Waals surface area contributed by atoms with E-state index in [1.807, 2.05) is 0 Å². The van der Waals surface area contributed by atoms with Crippen LogP contribution < -0.4 is 5.73 Å². The van der Waals surface area contributed by atoms with Crippen LogP contribution in [0.1, 0.15) is 30.9 Å². The third-order valence-corrected chi connectivity index (χ3v) is 5.14. The first-order valence-electron chi connectivity index (χ1n) is 7.46. The van der Waals surface area contributed by atoms with Gasteiger partial charge in [-0.2, -0.15) is 0 Å². The highest BCUT2D eigenvalue weighted by atomic mass is 35.5. The Hall–Kier alpha value is -0.610. The van der Waals surface area contributed by atoms with E-state index in [2.05, 4.69) is 30.0 Å². The lowest BCUT2D eigenvalue weighted by Gasteiger charge is -2.27. The molecule has 1 saturated carbocycles. The molecule has 0 bridgehead atoms. The molecule has 3 nitrogen and oxygen atoms in total. The van der Waals surface area contributed by atoms with Gasteiger partial charge in [0.25, 0.3) is 0 Å². The minimum absolute atomic E-state index is 0.182. The maximum Gasteiger partial charge on any atom is 0.0594 e. The lowest BCUT2D eigenvalue weighted by molar-refractivity contribution is 0.0342. The molecule has 2 fully saturated rings. The molecule has 110 valence electrons. The van der Waals surface area contributed by atoms with Crippen LogP contribution in [0.25, 0.3) is 0 Å². The Morgan fingerprint density at radius 1 is 1.35 bits per heavy atom. The number of rotatable bonds is 4. The van der Waals surface area contributed by atoms with Crippen LogP contribution in [0.5, 0.6) is 0 Å². The van der Waals surface area contributed by atoms with Crippen LogP contribution in [-0.4, -0.2) is 37.2 Å². The van der Waals surface area contributed by atoms with E-state index in [4.69, 9.17) is 22.1 Å². The zero-order valence-corrected chi connectivity index (χ0v) is 12.8. The third-order valence-electron chi connectivity index (χ3n) is 4.79. The van der Waals surface area contributed by atoms with Gasteiger partial charge in [0, 0.05) is 36.1 Å². The van der Waals surface area contributed by atoms with Gasteiger partial charge in [-0.15, -0.1) is 0 Å². The van der Waals surface area contributed by atoms with Crippen molar-refractivity contribution in [3.8, 4) is 0 Å². The largest absolute Gasteiger partial charge is 0.379 e. The van der Waals surface area contributed by atoms with Gasteiger partial charge in [0.2, 0.25) is 0 Å². The molecule has 1 saturated heterocycles. The summed E-state index contributed by atoms with van der Waals surface area (Å²) in [5.74, 6) is 0. The van der Waals surface area contributed by atoms with Crippen LogP contribution in [-0.2, 0) is 16.7 Å². The summed E-state index contributed by atoms with van der Waals surface area (Å²) in [6.07, 6.45) is 2.37. The van der Waals surface area contributed by atoms with E-state index < -0.39 is 0 Å². The van der Waals surface area contributed by atoms with Crippen molar-refractivity contribution >= 4 is 11.6 Å². The highest BCUT2D eigenvalue weighted by Gasteiger charge is 2.47. The number of ether oxygens (including phenoxy) is 1. The van der Waals surface area contributed by atoms with Crippen LogP contribution >= 0.6 is 11.6 Å². The molecule has 1 aliphatic heterocycles. The molecule has 3 rings (SSSR count). The van der Waals surface area contributed by atoms with Gasteiger partial charge in [-0.3, -0.25) is 4.90 Å². The normalized spacial score (nSPS) is 23.6. The van der Waals surface area contributed by atoms with Crippen LogP contribution in [0.2, 0.25) is 5.02 Å². The summed E-state index contributed by atoms with van der Waals surface area (Å²) in [6, 6.07) is 6.73. The SMILES string of the molecule is CC(N)C1(c2ccc(CN3CCOCC3)c(Cl)c2)CC1. The van der Waals surface area contributed by atoms with Crippen LogP contribution in [0.15, 0.2) is 18.2 Å². The molecule has 1 heterocycles. The Morgan fingerprint density at radius 3 is 2.60 bits per heavy atom. The minimum Gasteiger partial charge on any atom is -0.379 e. The molecular weight excluding hydrogens is 272 g/mol. The average molecular weight is 295 g/mol. The number of halogens is 1. The molecule has 2 aliphatic rings. The number of nitrogens with two attached hydrogens (primary N) is 1. The standard InChI is InChI=1S/C16H23ClN2O/c1-12(18)16(4-5-16)14-3-2-13(15(17)10-14)11-19-6-8-20-9-7-19/h2-3,10,12H,4-9,11,18H2,1H3. The van der Waals surface area contributed by atoms with E-state index in [0.29, 0.717) is 0 Å². The second-order valence-corrected chi connectivity index (χ2v) is 6.55. The second-order valence-electron chi connectivity index (χ2n) is 6.14. The van der Waals surface area contributed by atoms with E-state index in [0.717, 1.165) is 37.9 Å². The Balaban J connectivity index is 1.74. The van der Waals surface area contributed by atoms with Gasteiger partial charge in [-0.25, -0.2) is 0 Å². The summed E-state index contributed by atoms with van der Waals surface area (Å²) in [5.41, 5.74) is 8.83. The fraction of sp³-hybridized carbons (Fsp3) is 0.625. The van der Waals surface area contributed by atoms with Crippen LogP contribution in [0.4, 0.5) is 0 Å². The zero-order chi connectivity index (χ0) is 14.2. The van der Waals surface area contributed by atoms with Crippen molar-refractivity contribution in [1.82, 2.24) is 4.90 Å². The molecule has 1 atom stereocenters. The molecular formula is C16H23ClN2O.